The van der Waals surface area contributed by atoms with Crippen molar-refractivity contribution in [3.8, 4) is 6.07 Å². The van der Waals surface area contributed by atoms with Crippen molar-refractivity contribution in [2.24, 2.45) is 5.92 Å². The van der Waals surface area contributed by atoms with E-state index in [4.69, 9.17) is 15.2 Å². The SMILES string of the molecule is CC(=O)O.CN(C)[C@@H]1CS(=O)(=O)[C@H]2CN(C(=O)c3ccc(C#N)cc3F)C[C@@H]12. The van der Waals surface area contributed by atoms with Crippen molar-refractivity contribution < 1.29 is 27.5 Å². The van der Waals surface area contributed by atoms with Crippen LogP contribution < -0.4 is 0 Å². The molecule has 2 aliphatic heterocycles. The van der Waals surface area contributed by atoms with Gasteiger partial charge in [0.15, 0.2) is 9.84 Å². The molecule has 2 saturated heterocycles. The number of amides is 1. The largest absolute Gasteiger partial charge is 0.481 e. The molecule has 0 aromatic heterocycles. The Labute approximate surface area is 163 Å². The summed E-state index contributed by atoms with van der Waals surface area (Å²) in [4.78, 5) is 24.9. The summed E-state index contributed by atoms with van der Waals surface area (Å²) in [6, 6.07) is 5.36. The third-order valence-electron chi connectivity index (χ3n) is 4.95. The summed E-state index contributed by atoms with van der Waals surface area (Å²) in [5.41, 5.74) is 0.00497. The van der Waals surface area contributed by atoms with Crippen molar-refractivity contribution in [3.05, 3.63) is 35.1 Å². The van der Waals surface area contributed by atoms with E-state index in [0.29, 0.717) is 6.54 Å². The van der Waals surface area contributed by atoms with E-state index < -0.39 is 32.8 Å². The number of hydrogen-bond donors (Lipinski definition) is 1. The van der Waals surface area contributed by atoms with Gasteiger partial charge in [0.2, 0.25) is 0 Å². The molecule has 1 N–H and O–H groups in total. The second kappa shape index (κ2) is 8.24. The van der Waals surface area contributed by atoms with E-state index in [1.165, 1.54) is 17.0 Å². The molecule has 1 aromatic carbocycles. The first-order valence-corrected chi connectivity index (χ1v) is 10.3. The fourth-order valence-electron chi connectivity index (χ4n) is 3.66. The summed E-state index contributed by atoms with van der Waals surface area (Å²) in [6.45, 7) is 1.47. The number of carbonyl (C=O) groups is 2. The fourth-order valence-corrected chi connectivity index (χ4v) is 6.14. The molecule has 1 aromatic rings. The van der Waals surface area contributed by atoms with Crippen molar-refractivity contribution >= 4 is 21.7 Å². The third kappa shape index (κ3) is 4.48. The Morgan fingerprint density at radius 2 is 1.93 bits per heavy atom. The zero-order valence-corrected chi connectivity index (χ0v) is 16.6. The lowest BCUT2D eigenvalue weighted by Crippen LogP contribution is -2.38. The maximum atomic E-state index is 14.1. The molecular formula is C18H22FN3O5S. The van der Waals surface area contributed by atoms with Crippen LogP contribution in [0.25, 0.3) is 0 Å². The maximum Gasteiger partial charge on any atom is 0.300 e. The van der Waals surface area contributed by atoms with E-state index >= 15 is 0 Å². The second-order valence-electron chi connectivity index (χ2n) is 7.10. The van der Waals surface area contributed by atoms with Crippen LogP contribution in [0.5, 0.6) is 0 Å². The Morgan fingerprint density at radius 1 is 1.32 bits per heavy atom. The van der Waals surface area contributed by atoms with Gasteiger partial charge in [-0.2, -0.15) is 5.26 Å². The molecule has 2 aliphatic rings. The van der Waals surface area contributed by atoms with Crippen LogP contribution in [-0.4, -0.2) is 79.4 Å². The molecule has 28 heavy (non-hydrogen) atoms. The minimum Gasteiger partial charge on any atom is -0.481 e. The Hall–Kier alpha value is -2.51. The Morgan fingerprint density at radius 3 is 2.43 bits per heavy atom. The number of carboxylic acid groups (broad SMARTS) is 1. The quantitative estimate of drug-likeness (QED) is 0.756. The van der Waals surface area contributed by atoms with Gasteiger partial charge < -0.3 is 14.9 Å². The van der Waals surface area contributed by atoms with Gasteiger partial charge in [-0.25, -0.2) is 12.8 Å². The third-order valence-corrected chi connectivity index (χ3v) is 7.17. The molecule has 2 heterocycles. The van der Waals surface area contributed by atoms with Crippen LogP contribution in [0.3, 0.4) is 0 Å². The average molecular weight is 411 g/mol. The van der Waals surface area contributed by atoms with Crippen LogP contribution >= 0.6 is 0 Å². The lowest BCUT2D eigenvalue weighted by molar-refractivity contribution is -0.134. The Bertz CT molecular complexity index is 922. The van der Waals surface area contributed by atoms with Crippen LogP contribution in [0.4, 0.5) is 4.39 Å². The number of fused-ring (bicyclic) bond motifs is 1. The van der Waals surface area contributed by atoms with Gasteiger partial charge in [-0.15, -0.1) is 0 Å². The smallest absolute Gasteiger partial charge is 0.300 e. The molecule has 152 valence electrons. The predicted octanol–water partition coefficient (Wildman–Crippen LogP) is 0.587. The van der Waals surface area contributed by atoms with E-state index in [1.807, 2.05) is 25.1 Å². The minimum atomic E-state index is -3.26. The number of likely N-dealkylation sites (tertiary alicyclic amines) is 1. The number of aliphatic carboxylic acids is 1. The molecule has 1 amide bonds. The Kier molecular flexibility index (Phi) is 6.41. The molecule has 10 heteroatoms. The molecule has 0 radical (unpaired) electrons. The number of sulfone groups is 1. The highest BCUT2D eigenvalue weighted by Gasteiger charge is 2.53. The number of rotatable bonds is 2. The molecule has 3 rings (SSSR count). The van der Waals surface area contributed by atoms with Gasteiger partial charge in [-0.1, -0.05) is 0 Å². The van der Waals surface area contributed by atoms with Crippen LogP contribution in [-0.2, 0) is 14.6 Å². The number of halogens is 1. The monoisotopic (exact) mass is 411 g/mol. The summed E-state index contributed by atoms with van der Waals surface area (Å²) < 4.78 is 38.7. The van der Waals surface area contributed by atoms with E-state index in [9.17, 15) is 17.6 Å². The number of nitrogens with zero attached hydrogens (tertiary/aromatic N) is 3. The number of carbonyl (C=O) groups excluding carboxylic acids is 1. The first-order valence-electron chi connectivity index (χ1n) is 8.54. The topological polar surface area (TPSA) is 119 Å². The van der Waals surface area contributed by atoms with Crippen molar-refractivity contribution in [2.75, 3.05) is 32.9 Å². The molecule has 0 saturated carbocycles. The fraction of sp³-hybridized carbons (Fsp3) is 0.500. The zero-order chi connectivity index (χ0) is 21.2. The van der Waals surface area contributed by atoms with E-state index in [2.05, 4.69) is 0 Å². The standard InChI is InChI=1S/C16H18FN3O3S.C2H4O2/c1-19(2)14-9-24(22,23)15-8-20(7-12(14)15)16(21)11-4-3-10(6-18)5-13(11)17;1-2(3)4/h3-5,12,14-15H,7-9H2,1-2H3;1H3,(H,3,4)/t12-,14+,15-;/m0./s1. The zero-order valence-electron chi connectivity index (χ0n) is 15.8. The number of carboxylic acids is 1. The van der Waals surface area contributed by atoms with Crippen molar-refractivity contribution in [1.82, 2.24) is 9.80 Å². The van der Waals surface area contributed by atoms with E-state index in [-0.39, 0.29) is 35.4 Å². The minimum absolute atomic E-state index is 0.0929. The van der Waals surface area contributed by atoms with Gasteiger partial charge >= 0.3 is 0 Å². The highest BCUT2D eigenvalue weighted by Crippen LogP contribution is 2.36. The lowest BCUT2D eigenvalue weighted by Gasteiger charge is -2.25. The van der Waals surface area contributed by atoms with Gasteiger partial charge in [-0.05, 0) is 32.3 Å². The summed E-state index contributed by atoms with van der Waals surface area (Å²) in [5.74, 6) is -2.18. The number of benzene rings is 1. The summed E-state index contributed by atoms with van der Waals surface area (Å²) in [5, 5.41) is 15.6. The van der Waals surface area contributed by atoms with Crippen LogP contribution in [0.1, 0.15) is 22.8 Å². The molecule has 8 nitrogen and oxygen atoms in total. The molecular weight excluding hydrogens is 389 g/mol. The van der Waals surface area contributed by atoms with Crippen molar-refractivity contribution in [1.29, 1.82) is 5.26 Å². The van der Waals surface area contributed by atoms with Gasteiger partial charge in [-0.3, -0.25) is 9.59 Å². The maximum absolute atomic E-state index is 14.1. The second-order valence-corrected chi connectivity index (χ2v) is 9.36. The molecule has 2 fully saturated rings. The molecule has 0 bridgehead atoms. The van der Waals surface area contributed by atoms with E-state index in [1.54, 1.807) is 0 Å². The van der Waals surface area contributed by atoms with Crippen molar-refractivity contribution in [3.63, 3.8) is 0 Å². The number of hydrogen-bond acceptors (Lipinski definition) is 6. The molecule has 0 aliphatic carbocycles. The van der Waals surface area contributed by atoms with Gasteiger partial charge in [0.25, 0.3) is 11.9 Å². The van der Waals surface area contributed by atoms with Crippen LogP contribution in [0.15, 0.2) is 18.2 Å². The highest BCUT2D eigenvalue weighted by atomic mass is 32.2. The van der Waals surface area contributed by atoms with Crippen molar-refractivity contribution in [2.45, 2.75) is 18.2 Å². The first kappa shape index (κ1) is 21.8. The first-order chi connectivity index (χ1) is 13.0. The lowest BCUT2D eigenvalue weighted by atomic mass is 10.00. The van der Waals surface area contributed by atoms with Gasteiger partial charge in [0.1, 0.15) is 5.82 Å². The van der Waals surface area contributed by atoms with Crippen LogP contribution in [0.2, 0.25) is 0 Å². The molecule has 3 atom stereocenters. The van der Waals surface area contributed by atoms with Gasteiger partial charge in [0, 0.05) is 32.0 Å². The summed E-state index contributed by atoms with van der Waals surface area (Å²) in [6.07, 6.45) is 0. The van der Waals surface area contributed by atoms with Gasteiger partial charge in [0.05, 0.1) is 28.2 Å². The van der Waals surface area contributed by atoms with Crippen LogP contribution in [0, 0.1) is 23.1 Å². The normalized spacial score (nSPS) is 24.9. The molecule has 0 spiro atoms. The molecule has 0 unspecified atom stereocenters. The summed E-state index contributed by atoms with van der Waals surface area (Å²) in [7, 11) is 0.394. The number of nitriles is 1. The highest BCUT2D eigenvalue weighted by molar-refractivity contribution is 7.92. The van der Waals surface area contributed by atoms with E-state index in [0.717, 1.165) is 13.0 Å². The average Bonchev–Trinajstić information content (AvgIpc) is 3.13. The predicted molar refractivity (Wildman–Crippen MR) is 98.9 cm³/mol. The Balaban J connectivity index is 0.000000640. The summed E-state index contributed by atoms with van der Waals surface area (Å²) >= 11 is 0.